The number of pyridine rings is 1. The number of anilines is 1. The Labute approximate surface area is 108 Å². The van der Waals surface area contributed by atoms with Crippen LogP contribution in [0.5, 0.6) is 0 Å². The van der Waals surface area contributed by atoms with Crippen LogP contribution in [0.25, 0.3) is 0 Å². The Balaban J connectivity index is 2.24. The maximum absolute atomic E-state index is 7.63. The van der Waals surface area contributed by atoms with Gasteiger partial charge in [-0.2, -0.15) is 0 Å². The van der Waals surface area contributed by atoms with Gasteiger partial charge in [0.25, 0.3) is 0 Å². The zero-order chi connectivity index (χ0) is 13.1. The van der Waals surface area contributed by atoms with Crippen molar-refractivity contribution in [2.24, 2.45) is 5.73 Å². The Morgan fingerprint density at radius 1 is 1.56 bits per heavy atom. The zero-order valence-electron chi connectivity index (χ0n) is 11.1. The summed E-state index contributed by atoms with van der Waals surface area (Å²) < 4.78 is 0. The lowest BCUT2D eigenvalue weighted by molar-refractivity contribution is 0.213. The van der Waals surface area contributed by atoms with Crippen LogP contribution in [0.4, 0.5) is 5.82 Å². The number of nitrogens with zero attached hydrogens (tertiary/aromatic N) is 3. The quantitative estimate of drug-likeness (QED) is 0.615. The summed E-state index contributed by atoms with van der Waals surface area (Å²) in [4.78, 5) is 9.03. The van der Waals surface area contributed by atoms with Crippen LogP contribution < -0.4 is 10.6 Å². The normalized spacial score (nSPS) is 21.0. The molecule has 1 fully saturated rings. The maximum atomic E-state index is 7.63. The molecule has 1 saturated heterocycles. The van der Waals surface area contributed by atoms with Crippen molar-refractivity contribution < 1.29 is 0 Å². The van der Waals surface area contributed by atoms with E-state index in [0.717, 1.165) is 37.4 Å². The van der Waals surface area contributed by atoms with Gasteiger partial charge in [0.2, 0.25) is 0 Å². The van der Waals surface area contributed by atoms with E-state index in [-0.39, 0.29) is 5.84 Å². The number of nitrogens with two attached hydrogens (primary N) is 1. The molecule has 2 rings (SSSR count). The number of aromatic nitrogens is 1. The Hall–Kier alpha value is -1.62. The van der Waals surface area contributed by atoms with Gasteiger partial charge in [0.15, 0.2) is 0 Å². The topological polar surface area (TPSA) is 69.2 Å². The van der Waals surface area contributed by atoms with Crippen LogP contribution in [0.1, 0.15) is 18.9 Å². The molecule has 1 aliphatic heterocycles. The van der Waals surface area contributed by atoms with Crippen molar-refractivity contribution in [3.05, 3.63) is 23.9 Å². The second-order valence-corrected chi connectivity index (χ2v) is 4.78. The van der Waals surface area contributed by atoms with E-state index in [4.69, 9.17) is 11.1 Å². The minimum atomic E-state index is 0.0880. The highest BCUT2D eigenvalue weighted by atomic mass is 15.3. The largest absolute Gasteiger partial charge is 0.384 e. The van der Waals surface area contributed by atoms with E-state index in [1.54, 1.807) is 6.20 Å². The Kier molecular flexibility index (Phi) is 3.81. The average Bonchev–Trinajstić information content (AvgIpc) is 2.39. The first-order valence-electron chi connectivity index (χ1n) is 6.38. The summed E-state index contributed by atoms with van der Waals surface area (Å²) in [5.74, 6) is 0.932. The molecule has 98 valence electrons. The fourth-order valence-corrected chi connectivity index (χ4v) is 2.44. The van der Waals surface area contributed by atoms with Gasteiger partial charge in [0.05, 0.1) is 5.56 Å². The minimum absolute atomic E-state index is 0.0880. The second-order valence-electron chi connectivity index (χ2n) is 4.78. The van der Waals surface area contributed by atoms with E-state index < -0.39 is 0 Å². The molecule has 3 N–H and O–H groups in total. The number of nitrogens with one attached hydrogen (secondary N) is 1. The van der Waals surface area contributed by atoms with E-state index >= 15 is 0 Å². The molecule has 1 aromatic rings. The maximum Gasteiger partial charge on any atom is 0.139 e. The predicted molar refractivity (Wildman–Crippen MR) is 74.2 cm³/mol. The average molecular weight is 247 g/mol. The zero-order valence-corrected chi connectivity index (χ0v) is 11.1. The lowest BCUT2D eigenvalue weighted by Crippen LogP contribution is -2.51. The van der Waals surface area contributed by atoms with Gasteiger partial charge in [-0.3, -0.25) is 10.3 Å². The van der Waals surface area contributed by atoms with Crippen molar-refractivity contribution >= 4 is 11.7 Å². The van der Waals surface area contributed by atoms with E-state index in [1.165, 1.54) is 0 Å². The lowest BCUT2D eigenvalue weighted by Gasteiger charge is -2.40. The Morgan fingerprint density at radius 2 is 2.33 bits per heavy atom. The van der Waals surface area contributed by atoms with Crippen LogP contribution in [0.2, 0.25) is 0 Å². The smallest absolute Gasteiger partial charge is 0.139 e. The van der Waals surface area contributed by atoms with Crippen molar-refractivity contribution in [2.45, 2.75) is 19.4 Å². The third-order valence-corrected chi connectivity index (χ3v) is 3.62. The monoisotopic (exact) mass is 247 g/mol. The summed E-state index contributed by atoms with van der Waals surface area (Å²) in [5, 5.41) is 7.63. The number of likely N-dealkylation sites (N-methyl/N-ethyl adjacent to an activating group) is 1. The van der Waals surface area contributed by atoms with Crippen molar-refractivity contribution in [1.82, 2.24) is 9.88 Å². The van der Waals surface area contributed by atoms with Crippen LogP contribution in [-0.2, 0) is 0 Å². The van der Waals surface area contributed by atoms with Gasteiger partial charge in [-0.05, 0) is 25.6 Å². The second kappa shape index (κ2) is 5.35. The molecule has 1 aromatic heterocycles. The molecule has 0 bridgehead atoms. The number of hydrogen-bond acceptors (Lipinski definition) is 4. The van der Waals surface area contributed by atoms with Crippen LogP contribution in [0, 0.1) is 5.41 Å². The summed E-state index contributed by atoms with van der Waals surface area (Å²) in [6.45, 7) is 5.11. The highest BCUT2D eigenvalue weighted by Gasteiger charge is 2.25. The Morgan fingerprint density at radius 3 is 3.00 bits per heavy atom. The number of piperazine rings is 1. The molecule has 0 aromatic carbocycles. The SMILES string of the molecule is CCC1CN(c2ncccc2C(=N)N)CCN1C. The Bertz CT molecular complexity index is 431. The van der Waals surface area contributed by atoms with Gasteiger partial charge in [0.1, 0.15) is 11.7 Å². The van der Waals surface area contributed by atoms with E-state index in [9.17, 15) is 0 Å². The standard InChI is InChI=1S/C13H21N5/c1-3-10-9-18(8-7-17(10)2)13-11(12(14)15)5-4-6-16-13/h4-6,10H,3,7-9H2,1-2H3,(H3,14,15). The van der Waals surface area contributed by atoms with Crippen molar-refractivity contribution in [2.75, 3.05) is 31.6 Å². The highest BCUT2D eigenvalue weighted by Crippen LogP contribution is 2.21. The fourth-order valence-electron chi connectivity index (χ4n) is 2.44. The molecule has 0 aliphatic carbocycles. The van der Waals surface area contributed by atoms with Crippen LogP contribution in [-0.4, -0.2) is 48.4 Å². The predicted octanol–water partition coefficient (Wildman–Crippen LogP) is 0.896. The highest BCUT2D eigenvalue weighted by molar-refractivity contribution is 5.99. The van der Waals surface area contributed by atoms with E-state index in [1.807, 2.05) is 12.1 Å². The van der Waals surface area contributed by atoms with E-state index in [2.05, 4.69) is 28.8 Å². The van der Waals surface area contributed by atoms with Gasteiger partial charge < -0.3 is 10.6 Å². The molecule has 0 saturated carbocycles. The van der Waals surface area contributed by atoms with Crippen LogP contribution in [0.3, 0.4) is 0 Å². The molecule has 2 heterocycles. The molecule has 0 amide bonds. The van der Waals surface area contributed by atoms with Crippen molar-refractivity contribution in [1.29, 1.82) is 5.41 Å². The third-order valence-electron chi connectivity index (χ3n) is 3.62. The van der Waals surface area contributed by atoms with Gasteiger partial charge in [-0.1, -0.05) is 6.92 Å². The molecule has 0 spiro atoms. The number of rotatable bonds is 3. The molecule has 5 heteroatoms. The summed E-state index contributed by atoms with van der Waals surface area (Å²) in [6, 6.07) is 4.23. The number of hydrogen-bond donors (Lipinski definition) is 2. The summed E-state index contributed by atoms with van der Waals surface area (Å²) in [5.41, 5.74) is 6.36. The summed E-state index contributed by atoms with van der Waals surface area (Å²) >= 11 is 0. The minimum Gasteiger partial charge on any atom is -0.384 e. The van der Waals surface area contributed by atoms with Crippen LogP contribution >= 0.6 is 0 Å². The molecule has 0 radical (unpaired) electrons. The van der Waals surface area contributed by atoms with E-state index in [0.29, 0.717) is 6.04 Å². The van der Waals surface area contributed by atoms with Crippen molar-refractivity contribution in [3.8, 4) is 0 Å². The molecular formula is C13H21N5. The molecule has 1 aliphatic rings. The van der Waals surface area contributed by atoms with Gasteiger partial charge >= 0.3 is 0 Å². The fraction of sp³-hybridized carbons (Fsp3) is 0.538. The van der Waals surface area contributed by atoms with Gasteiger partial charge in [-0.25, -0.2) is 4.98 Å². The first-order chi connectivity index (χ1) is 8.63. The van der Waals surface area contributed by atoms with Crippen LogP contribution in [0.15, 0.2) is 18.3 Å². The molecule has 1 unspecified atom stereocenters. The molecule has 18 heavy (non-hydrogen) atoms. The van der Waals surface area contributed by atoms with Gasteiger partial charge in [-0.15, -0.1) is 0 Å². The number of nitrogen functional groups attached to an aromatic ring is 1. The summed E-state index contributed by atoms with van der Waals surface area (Å²) in [6.07, 6.45) is 2.89. The first-order valence-corrected chi connectivity index (χ1v) is 6.38. The summed E-state index contributed by atoms with van der Waals surface area (Å²) in [7, 11) is 2.16. The number of amidine groups is 1. The molecule has 5 nitrogen and oxygen atoms in total. The lowest BCUT2D eigenvalue weighted by atomic mass is 10.1. The third kappa shape index (κ3) is 2.46. The molecular weight excluding hydrogens is 226 g/mol. The first kappa shape index (κ1) is 12.8. The van der Waals surface area contributed by atoms with Gasteiger partial charge in [0, 0.05) is 31.9 Å². The molecule has 1 atom stereocenters. The van der Waals surface area contributed by atoms with Crippen molar-refractivity contribution in [3.63, 3.8) is 0 Å².